The molecule has 3 N–H and O–H groups in total. The minimum Gasteiger partial charge on any atom is -0.399 e. The van der Waals surface area contributed by atoms with Crippen LogP contribution in [-0.4, -0.2) is 30.6 Å². The monoisotopic (exact) mass is 374 g/mol. The highest BCUT2D eigenvalue weighted by molar-refractivity contribution is 6.04. The lowest BCUT2D eigenvalue weighted by Gasteiger charge is -2.12. The highest BCUT2D eigenvalue weighted by Gasteiger charge is 2.19. The zero-order chi connectivity index (χ0) is 20.0. The zero-order valence-electron chi connectivity index (χ0n) is 16.1. The van der Waals surface area contributed by atoms with Gasteiger partial charge in [0.05, 0.1) is 11.2 Å². The maximum Gasteiger partial charge on any atom is 0.229 e. The molecule has 8 nitrogen and oxygen atoms in total. The van der Waals surface area contributed by atoms with Gasteiger partial charge in [-0.2, -0.15) is 5.10 Å². The molecular weight excluding hydrogens is 354 g/mol. The first-order chi connectivity index (χ1) is 13.4. The van der Waals surface area contributed by atoms with Crippen molar-refractivity contribution in [1.29, 1.82) is 0 Å². The van der Waals surface area contributed by atoms with E-state index in [-0.39, 0.29) is 5.91 Å². The van der Waals surface area contributed by atoms with E-state index in [0.717, 1.165) is 33.4 Å². The van der Waals surface area contributed by atoms with Crippen LogP contribution < -0.4 is 11.1 Å². The summed E-state index contributed by atoms with van der Waals surface area (Å²) in [6.45, 7) is 5.45. The topological polar surface area (TPSA) is 112 Å². The minimum atomic E-state index is -0.234. The third-order valence-electron chi connectivity index (χ3n) is 4.56. The van der Waals surface area contributed by atoms with Crippen LogP contribution in [0.1, 0.15) is 18.4 Å². The van der Waals surface area contributed by atoms with Gasteiger partial charge in [0.15, 0.2) is 0 Å². The van der Waals surface area contributed by atoms with E-state index in [1.165, 1.54) is 6.42 Å². The summed E-state index contributed by atoms with van der Waals surface area (Å²) in [6, 6.07) is 7.34. The number of aromatic nitrogens is 5. The Labute approximate surface area is 161 Å². The fourth-order valence-electron chi connectivity index (χ4n) is 3.34. The molecule has 0 saturated carbocycles. The Hall–Kier alpha value is -3.55. The molecule has 141 valence electrons. The Balaban J connectivity index is 2.08. The molecule has 1 radical (unpaired) electrons. The van der Waals surface area contributed by atoms with Gasteiger partial charge in [-0.3, -0.25) is 9.48 Å². The van der Waals surface area contributed by atoms with Gasteiger partial charge in [-0.05, 0) is 32.0 Å². The molecule has 4 rings (SSSR count). The molecular formula is C20H20N7O. The predicted molar refractivity (Wildman–Crippen MR) is 110 cm³/mol. The average Bonchev–Trinajstić information content (AvgIpc) is 2.93. The summed E-state index contributed by atoms with van der Waals surface area (Å²) in [5.41, 5.74) is 11.3. The van der Waals surface area contributed by atoms with E-state index in [4.69, 9.17) is 10.7 Å². The fourth-order valence-corrected chi connectivity index (χ4v) is 3.34. The summed E-state index contributed by atoms with van der Waals surface area (Å²) >= 11 is 0. The molecule has 0 aliphatic rings. The van der Waals surface area contributed by atoms with Crippen molar-refractivity contribution in [2.75, 3.05) is 11.1 Å². The molecule has 0 aliphatic heterocycles. The van der Waals surface area contributed by atoms with Crippen LogP contribution in [0, 0.1) is 20.3 Å². The molecule has 1 amide bonds. The number of anilines is 2. The lowest BCUT2D eigenvalue weighted by atomic mass is 10.0. The molecule has 0 atom stereocenters. The predicted octanol–water partition coefficient (Wildman–Crippen LogP) is 2.94. The number of hydrogen-bond acceptors (Lipinski definition) is 6. The summed E-state index contributed by atoms with van der Waals surface area (Å²) in [5.74, 6) is 0.841. The highest BCUT2D eigenvalue weighted by atomic mass is 16.1. The number of pyridine rings is 1. The molecule has 0 unspecified atom stereocenters. The van der Waals surface area contributed by atoms with Crippen LogP contribution in [0.3, 0.4) is 0 Å². The number of carbonyl (C=O) groups excluding carboxylic acids is 1. The van der Waals surface area contributed by atoms with Gasteiger partial charge in [0.1, 0.15) is 28.4 Å². The van der Waals surface area contributed by atoms with Gasteiger partial charge in [-0.25, -0.2) is 15.0 Å². The van der Waals surface area contributed by atoms with Crippen molar-refractivity contribution in [3.8, 4) is 11.3 Å². The third kappa shape index (κ3) is 2.92. The summed E-state index contributed by atoms with van der Waals surface area (Å²) in [4.78, 5) is 25.7. The quantitative estimate of drug-likeness (QED) is 0.533. The van der Waals surface area contributed by atoms with Crippen LogP contribution >= 0.6 is 0 Å². The number of nitrogens with two attached hydrogens (primary N) is 1. The molecule has 0 aliphatic carbocycles. The Kier molecular flexibility index (Phi) is 4.18. The molecule has 0 bridgehead atoms. The first-order valence-electron chi connectivity index (χ1n) is 8.86. The van der Waals surface area contributed by atoms with E-state index in [1.807, 2.05) is 39.1 Å². The van der Waals surface area contributed by atoms with Crippen molar-refractivity contribution >= 4 is 39.3 Å². The second-order valence-electron chi connectivity index (χ2n) is 6.64. The number of rotatable bonds is 3. The largest absolute Gasteiger partial charge is 0.399 e. The van der Waals surface area contributed by atoms with Crippen LogP contribution in [0.4, 0.5) is 11.5 Å². The van der Waals surface area contributed by atoms with E-state index < -0.39 is 0 Å². The molecule has 0 saturated heterocycles. The number of hydrogen-bond donors (Lipinski definition) is 2. The van der Waals surface area contributed by atoms with Crippen molar-refractivity contribution < 1.29 is 4.79 Å². The minimum absolute atomic E-state index is 0.234. The summed E-state index contributed by atoms with van der Waals surface area (Å²) < 4.78 is 1.78. The fraction of sp³-hybridized carbons (Fsp3) is 0.200. The maximum atomic E-state index is 11.9. The molecule has 3 aromatic heterocycles. The average molecular weight is 374 g/mol. The third-order valence-corrected chi connectivity index (χ3v) is 4.56. The smallest absolute Gasteiger partial charge is 0.229 e. The van der Waals surface area contributed by atoms with E-state index in [9.17, 15) is 4.79 Å². The SMILES string of the molecule is C[CH]C(=O)Nc1cc(-c2nc(C)nc3c(C)nn(C)c23)c2ccc(N)cc2n1. The summed E-state index contributed by atoms with van der Waals surface area (Å²) in [7, 11) is 1.87. The number of fused-ring (bicyclic) bond motifs is 2. The van der Waals surface area contributed by atoms with Gasteiger partial charge in [-0.1, -0.05) is 13.0 Å². The van der Waals surface area contributed by atoms with Gasteiger partial charge in [0, 0.05) is 30.1 Å². The van der Waals surface area contributed by atoms with Crippen LogP contribution in [0.15, 0.2) is 24.3 Å². The normalized spacial score (nSPS) is 11.3. The van der Waals surface area contributed by atoms with E-state index >= 15 is 0 Å². The van der Waals surface area contributed by atoms with Gasteiger partial charge < -0.3 is 11.1 Å². The van der Waals surface area contributed by atoms with Crippen molar-refractivity contribution in [3.63, 3.8) is 0 Å². The standard InChI is InChI=1S/C20H20N7O/c1-5-17(28)25-16-9-14(13-7-6-12(21)8-15(13)24-16)19-20-18(22-11(3)23-19)10(2)26-27(20)4/h5-9H,21H2,1-4H3,(H,24,25,28). The molecule has 28 heavy (non-hydrogen) atoms. The number of aryl methyl sites for hydroxylation is 3. The van der Waals surface area contributed by atoms with Crippen molar-refractivity contribution in [3.05, 3.63) is 42.2 Å². The van der Waals surface area contributed by atoms with Crippen LogP contribution in [-0.2, 0) is 11.8 Å². The van der Waals surface area contributed by atoms with Gasteiger partial charge in [0.2, 0.25) is 5.91 Å². The van der Waals surface area contributed by atoms with Gasteiger partial charge in [-0.15, -0.1) is 0 Å². The summed E-state index contributed by atoms with van der Waals surface area (Å²) in [5, 5.41) is 8.16. The van der Waals surface area contributed by atoms with Crippen LogP contribution in [0.25, 0.3) is 33.2 Å². The molecule has 0 spiro atoms. The Morgan fingerprint density at radius 1 is 1.18 bits per heavy atom. The lowest BCUT2D eigenvalue weighted by Crippen LogP contribution is -2.11. The Bertz CT molecular complexity index is 1240. The van der Waals surface area contributed by atoms with E-state index in [0.29, 0.717) is 22.8 Å². The Morgan fingerprint density at radius 3 is 2.71 bits per heavy atom. The lowest BCUT2D eigenvalue weighted by molar-refractivity contribution is -0.113. The molecule has 3 heterocycles. The molecule has 1 aromatic carbocycles. The second kappa shape index (κ2) is 6.56. The number of nitrogens with one attached hydrogen (secondary N) is 1. The maximum absolute atomic E-state index is 11.9. The Morgan fingerprint density at radius 2 is 1.96 bits per heavy atom. The molecule has 8 heteroatoms. The first-order valence-corrected chi connectivity index (χ1v) is 8.86. The van der Waals surface area contributed by atoms with Crippen molar-refractivity contribution in [1.82, 2.24) is 24.7 Å². The number of nitrogens with zero attached hydrogens (tertiary/aromatic N) is 5. The second-order valence-corrected chi connectivity index (χ2v) is 6.64. The number of amides is 1. The van der Waals surface area contributed by atoms with Gasteiger partial charge in [0.25, 0.3) is 0 Å². The summed E-state index contributed by atoms with van der Waals surface area (Å²) in [6.07, 6.45) is 1.45. The molecule has 4 aromatic rings. The van der Waals surface area contributed by atoms with Crippen molar-refractivity contribution in [2.24, 2.45) is 7.05 Å². The van der Waals surface area contributed by atoms with E-state index in [2.05, 4.69) is 20.4 Å². The first kappa shape index (κ1) is 17.8. The number of nitrogen functional groups attached to an aromatic ring is 1. The van der Waals surface area contributed by atoms with Crippen LogP contribution in [0.5, 0.6) is 0 Å². The highest BCUT2D eigenvalue weighted by Crippen LogP contribution is 2.34. The number of carbonyl (C=O) groups is 1. The van der Waals surface area contributed by atoms with Gasteiger partial charge >= 0.3 is 0 Å². The number of benzene rings is 1. The van der Waals surface area contributed by atoms with Crippen molar-refractivity contribution in [2.45, 2.75) is 20.8 Å². The van der Waals surface area contributed by atoms with Crippen LogP contribution in [0.2, 0.25) is 0 Å². The van der Waals surface area contributed by atoms with E-state index in [1.54, 1.807) is 17.7 Å². The zero-order valence-corrected chi connectivity index (χ0v) is 16.1. The molecule has 0 fully saturated rings.